The molecule has 0 aliphatic carbocycles. The third kappa shape index (κ3) is 2.13. The Morgan fingerprint density at radius 3 is 2.59 bits per heavy atom. The van der Waals surface area contributed by atoms with Gasteiger partial charge < -0.3 is 10.2 Å². The lowest BCUT2D eigenvalue weighted by Crippen LogP contribution is -2.47. The molecular weight excluding hydrogens is 210 g/mol. The predicted octanol–water partition coefficient (Wildman–Crippen LogP) is 1.01. The zero-order valence-corrected chi connectivity index (χ0v) is 11.4. The van der Waals surface area contributed by atoms with Crippen molar-refractivity contribution in [2.75, 3.05) is 45.8 Å². The molecule has 0 bridgehead atoms. The average Bonchev–Trinajstić information content (AvgIpc) is 2.96. The van der Waals surface area contributed by atoms with E-state index in [2.05, 4.69) is 29.0 Å². The molecule has 3 fully saturated rings. The Morgan fingerprint density at radius 1 is 1.12 bits per heavy atom. The van der Waals surface area contributed by atoms with Gasteiger partial charge in [-0.1, -0.05) is 0 Å². The molecule has 17 heavy (non-hydrogen) atoms. The topological polar surface area (TPSA) is 18.5 Å². The highest BCUT2D eigenvalue weighted by Crippen LogP contribution is 2.40. The summed E-state index contributed by atoms with van der Waals surface area (Å²) in [6.45, 7) is 13.9. The van der Waals surface area contributed by atoms with E-state index in [9.17, 15) is 0 Å². The second-order valence-corrected chi connectivity index (χ2v) is 6.67. The molecule has 0 saturated carbocycles. The van der Waals surface area contributed by atoms with E-state index in [1.54, 1.807) is 0 Å². The van der Waals surface area contributed by atoms with E-state index in [1.165, 1.54) is 58.7 Å². The summed E-state index contributed by atoms with van der Waals surface area (Å²) in [7, 11) is 0. The Labute approximate surface area is 106 Å². The summed E-state index contributed by atoms with van der Waals surface area (Å²) in [6, 6.07) is 0. The summed E-state index contributed by atoms with van der Waals surface area (Å²) in [5, 5.41) is 3.56. The van der Waals surface area contributed by atoms with Crippen molar-refractivity contribution < 1.29 is 0 Å². The second-order valence-electron chi connectivity index (χ2n) is 6.67. The second kappa shape index (κ2) is 4.52. The summed E-state index contributed by atoms with van der Waals surface area (Å²) in [4.78, 5) is 5.39. The van der Waals surface area contributed by atoms with E-state index in [4.69, 9.17) is 0 Å². The minimum absolute atomic E-state index is 0.411. The van der Waals surface area contributed by atoms with Gasteiger partial charge in [0.2, 0.25) is 0 Å². The fourth-order valence-corrected chi connectivity index (χ4v) is 4.15. The van der Waals surface area contributed by atoms with Gasteiger partial charge in [0, 0.05) is 31.7 Å². The minimum Gasteiger partial charge on any atom is -0.316 e. The molecule has 0 radical (unpaired) electrons. The van der Waals surface area contributed by atoms with Gasteiger partial charge >= 0.3 is 0 Å². The first-order chi connectivity index (χ1) is 8.18. The Morgan fingerprint density at radius 2 is 1.88 bits per heavy atom. The van der Waals surface area contributed by atoms with Crippen molar-refractivity contribution in [1.29, 1.82) is 0 Å². The van der Waals surface area contributed by atoms with Crippen LogP contribution in [0.15, 0.2) is 0 Å². The van der Waals surface area contributed by atoms with Gasteiger partial charge in [0.15, 0.2) is 0 Å². The molecule has 0 amide bonds. The number of hydrogen-bond donors (Lipinski definition) is 1. The van der Waals surface area contributed by atoms with Crippen molar-refractivity contribution in [2.45, 2.75) is 32.2 Å². The van der Waals surface area contributed by atoms with E-state index in [0.717, 1.165) is 11.8 Å². The molecule has 0 aromatic carbocycles. The molecule has 3 aliphatic rings. The van der Waals surface area contributed by atoms with Crippen LogP contribution < -0.4 is 5.32 Å². The van der Waals surface area contributed by atoms with Crippen molar-refractivity contribution >= 4 is 0 Å². The standard InChI is InChI=1S/C14H27N3/c1-14(2)13-10-15-9-12(13)11-17(14)8-7-16-5-3-4-6-16/h12-13,15H,3-11H2,1-2H3. The van der Waals surface area contributed by atoms with E-state index in [0.29, 0.717) is 5.54 Å². The van der Waals surface area contributed by atoms with Gasteiger partial charge in [0.05, 0.1) is 0 Å². The van der Waals surface area contributed by atoms with Crippen LogP contribution in [0, 0.1) is 11.8 Å². The molecule has 98 valence electrons. The third-order valence-electron chi connectivity index (χ3n) is 5.40. The molecule has 3 nitrogen and oxygen atoms in total. The van der Waals surface area contributed by atoms with E-state index in [-0.39, 0.29) is 0 Å². The van der Waals surface area contributed by atoms with Crippen molar-refractivity contribution in [3.8, 4) is 0 Å². The van der Waals surface area contributed by atoms with Gasteiger partial charge in [-0.25, -0.2) is 0 Å². The lowest BCUT2D eigenvalue weighted by molar-refractivity contribution is 0.124. The fourth-order valence-electron chi connectivity index (χ4n) is 4.15. The van der Waals surface area contributed by atoms with Crippen molar-refractivity contribution in [3.05, 3.63) is 0 Å². The third-order valence-corrected chi connectivity index (χ3v) is 5.40. The first-order valence-electron chi connectivity index (χ1n) is 7.36. The van der Waals surface area contributed by atoms with Gasteiger partial charge in [0.1, 0.15) is 0 Å². The monoisotopic (exact) mass is 237 g/mol. The maximum absolute atomic E-state index is 3.56. The highest BCUT2D eigenvalue weighted by molar-refractivity contribution is 5.04. The van der Waals surface area contributed by atoms with Crippen LogP contribution in [0.2, 0.25) is 0 Å². The number of hydrogen-bond acceptors (Lipinski definition) is 3. The molecule has 0 spiro atoms. The molecule has 3 heterocycles. The lowest BCUT2D eigenvalue weighted by atomic mass is 9.85. The van der Waals surface area contributed by atoms with Gasteiger partial charge in [0.25, 0.3) is 0 Å². The van der Waals surface area contributed by atoms with Crippen molar-refractivity contribution in [3.63, 3.8) is 0 Å². The molecule has 0 aromatic rings. The molecular formula is C14H27N3. The number of nitrogens with one attached hydrogen (secondary N) is 1. The van der Waals surface area contributed by atoms with Crippen LogP contribution in [0.25, 0.3) is 0 Å². The Hall–Kier alpha value is -0.120. The largest absolute Gasteiger partial charge is 0.316 e. The summed E-state index contributed by atoms with van der Waals surface area (Å²) >= 11 is 0. The van der Waals surface area contributed by atoms with Crippen LogP contribution in [0.3, 0.4) is 0 Å². The highest BCUT2D eigenvalue weighted by atomic mass is 15.3. The first kappa shape index (κ1) is 11.9. The molecule has 0 aromatic heterocycles. The van der Waals surface area contributed by atoms with Crippen LogP contribution in [0.4, 0.5) is 0 Å². The van der Waals surface area contributed by atoms with E-state index >= 15 is 0 Å². The minimum atomic E-state index is 0.411. The van der Waals surface area contributed by atoms with E-state index in [1.807, 2.05) is 0 Å². The summed E-state index contributed by atoms with van der Waals surface area (Å²) in [5.41, 5.74) is 0.411. The number of fused-ring (bicyclic) bond motifs is 1. The molecule has 1 N–H and O–H groups in total. The first-order valence-corrected chi connectivity index (χ1v) is 7.36. The highest BCUT2D eigenvalue weighted by Gasteiger charge is 2.49. The number of likely N-dealkylation sites (tertiary alicyclic amines) is 2. The Bertz CT molecular complexity index is 271. The summed E-state index contributed by atoms with van der Waals surface area (Å²) in [6.07, 6.45) is 2.83. The van der Waals surface area contributed by atoms with Crippen LogP contribution in [-0.2, 0) is 0 Å². The molecule has 2 atom stereocenters. The SMILES string of the molecule is CC1(C)C2CNCC2CN1CCN1CCCC1. The van der Waals surface area contributed by atoms with Crippen LogP contribution in [0.1, 0.15) is 26.7 Å². The zero-order valence-electron chi connectivity index (χ0n) is 11.4. The Kier molecular flexibility index (Phi) is 3.18. The smallest absolute Gasteiger partial charge is 0.0197 e. The zero-order chi connectivity index (χ0) is 11.9. The van der Waals surface area contributed by atoms with Crippen molar-refractivity contribution in [2.24, 2.45) is 11.8 Å². The van der Waals surface area contributed by atoms with Crippen LogP contribution in [0.5, 0.6) is 0 Å². The lowest BCUT2D eigenvalue weighted by Gasteiger charge is -2.36. The molecule has 3 aliphatic heterocycles. The summed E-state index contributed by atoms with van der Waals surface area (Å²) < 4.78 is 0. The van der Waals surface area contributed by atoms with Gasteiger partial charge in [-0.15, -0.1) is 0 Å². The molecule has 3 rings (SSSR count). The van der Waals surface area contributed by atoms with Gasteiger partial charge in [-0.3, -0.25) is 4.90 Å². The molecule has 3 saturated heterocycles. The normalized spacial score (nSPS) is 37.8. The maximum atomic E-state index is 3.56. The maximum Gasteiger partial charge on any atom is 0.0197 e. The fraction of sp³-hybridized carbons (Fsp3) is 1.00. The van der Waals surface area contributed by atoms with Crippen LogP contribution >= 0.6 is 0 Å². The number of nitrogens with zero attached hydrogens (tertiary/aromatic N) is 2. The molecule has 2 unspecified atom stereocenters. The van der Waals surface area contributed by atoms with E-state index < -0.39 is 0 Å². The number of rotatable bonds is 3. The quantitative estimate of drug-likeness (QED) is 0.790. The molecule has 3 heteroatoms. The summed E-state index contributed by atoms with van der Waals surface area (Å²) in [5.74, 6) is 1.78. The van der Waals surface area contributed by atoms with Crippen LogP contribution in [-0.4, -0.2) is 61.2 Å². The average molecular weight is 237 g/mol. The van der Waals surface area contributed by atoms with Gasteiger partial charge in [-0.2, -0.15) is 0 Å². The van der Waals surface area contributed by atoms with Crippen molar-refractivity contribution in [1.82, 2.24) is 15.1 Å². The Balaban J connectivity index is 1.56. The predicted molar refractivity (Wildman–Crippen MR) is 71.2 cm³/mol. The van der Waals surface area contributed by atoms with Gasteiger partial charge in [-0.05, 0) is 58.2 Å².